The average Bonchev–Trinajstić information content (AvgIpc) is 2.96. The highest BCUT2D eigenvalue weighted by molar-refractivity contribution is 7.71. The third-order valence-corrected chi connectivity index (χ3v) is 4.49. The van der Waals surface area contributed by atoms with Crippen LogP contribution in [0.3, 0.4) is 0 Å². The second-order valence-corrected chi connectivity index (χ2v) is 6.57. The Morgan fingerprint density at radius 3 is 2.76 bits per heavy atom. The summed E-state index contributed by atoms with van der Waals surface area (Å²) in [5.74, 6) is 0.444. The first-order valence-electron chi connectivity index (χ1n) is 7.73. The first-order chi connectivity index (χ1) is 12.0. The summed E-state index contributed by atoms with van der Waals surface area (Å²) in [5.41, 5.74) is 3.64. The van der Waals surface area contributed by atoms with E-state index in [-0.39, 0.29) is 12.5 Å². The number of nitrogens with zero attached hydrogens (tertiary/aromatic N) is 2. The minimum absolute atomic E-state index is 0.158. The largest absolute Gasteiger partial charge is 0.345 e. The number of aromatic amines is 1. The molecule has 0 atom stereocenters. The quantitative estimate of drug-likeness (QED) is 0.677. The van der Waals surface area contributed by atoms with Crippen molar-refractivity contribution in [2.24, 2.45) is 0 Å². The van der Waals surface area contributed by atoms with Crippen LogP contribution < -0.4 is 5.32 Å². The van der Waals surface area contributed by atoms with E-state index in [0.717, 1.165) is 16.8 Å². The lowest BCUT2D eigenvalue weighted by Crippen LogP contribution is -2.24. The molecule has 0 fully saturated rings. The molecule has 0 unspecified atom stereocenters. The Kier molecular flexibility index (Phi) is 5.01. The number of hydrogen-bond donors (Lipinski definition) is 2. The van der Waals surface area contributed by atoms with Gasteiger partial charge in [-0.2, -0.15) is 5.10 Å². The van der Waals surface area contributed by atoms with Gasteiger partial charge in [-0.15, -0.1) is 0 Å². The Hall–Kier alpha value is -2.44. The normalized spacial score (nSPS) is 10.7. The molecule has 1 heterocycles. The maximum absolute atomic E-state index is 12.4. The lowest BCUT2D eigenvalue weighted by atomic mass is 10.1. The zero-order chi connectivity index (χ0) is 18.0. The number of amides is 1. The molecule has 3 rings (SSSR count). The van der Waals surface area contributed by atoms with Crippen LogP contribution in [-0.4, -0.2) is 20.7 Å². The Morgan fingerprint density at radius 2 is 2.04 bits per heavy atom. The van der Waals surface area contributed by atoms with E-state index in [9.17, 15) is 4.79 Å². The molecule has 7 heteroatoms. The molecule has 0 radical (unpaired) electrons. The van der Waals surface area contributed by atoms with Gasteiger partial charge in [0.25, 0.3) is 5.91 Å². The highest BCUT2D eigenvalue weighted by Gasteiger charge is 2.12. The van der Waals surface area contributed by atoms with Crippen LogP contribution in [0.5, 0.6) is 0 Å². The fraction of sp³-hybridized carbons (Fsp3) is 0.167. The van der Waals surface area contributed by atoms with Gasteiger partial charge in [-0.05, 0) is 67.5 Å². The number of halogens is 1. The van der Waals surface area contributed by atoms with Crippen molar-refractivity contribution < 1.29 is 4.79 Å². The van der Waals surface area contributed by atoms with E-state index in [2.05, 4.69) is 15.5 Å². The highest BCUT2D eigenvalue weighted by atomic mass is 35.5. The molecule has 25 heavy (non-hydrogen) atoms. The summed E-state index contributed by atoms with van der Waals surface area (Å²) < 4.78 is 2.19. The number of carbonyl (C=O) groups is 1. The lowest BCUT2D eigenvalue weighted by Gasteiger charge is -2.09. The van der Waals surface area contributed by atoms with Crippen LogP contribution >= 0.6 is 23.8 Å². The van der Waals surface area contributed by atoms with Gasteiger partial charge in [0.2, 0.25) is 0 Å². The van der Waals surface area contributed by atoms with Crippen molar-refractivity contribution in [2.75, 3.05) is 0 Å². The van der Waals surface area contributed by atoms with Gasteiger partial charge in [0.15, 0.2) is 10.6 Å². The molecular formula is C18H17ClN4OS. The lowest BCUT2D eigenvalue weighted by molar-refractivity contribution is 0.0949. The van der Waals surface area contributed by atoms with Gasteiger partial charge in [-0.1, -0.05) is 23.7 Å². The average molecular weight is 373 g/mol. The Morgan fingerprint density at radius 1 is 1.24 bits per heavy atom. The number of carbonyl (C=O) groups excluding carboxylic acids is 1. The van der Waals surface area contributed by atoms with Gasteiger partial charge in [0.05, 0.1) is 12.2 Å². The van der Waals surface area contributed by atoms with Crippen LogP contribution in [0.4, 0.5) is 0 Å². The van der Waals surface area contributed by atoms with Gasteiger partial charge >= 0.3 is 0 Å². The van der Waals surface area contributed by atoms with E-state index in [4.69, 9.17) is 23.8 Å². The molecule has 0 saturated carbocycles. The summed E-state index contributed by atoms with van der Waals surface area (Å²) in [6.45, 7) is 4.24. The molecule has 128 valence electrons. The second kappa shape index (κ2) is 7.21. The van der Waals surface area contributed by atoms with E-state index >= 15 is 0 Å². The monoisotopic (exact) mass is 372 g/mol. The standard InChI is InChI=1S/C18H17ClN4OS/c1-11-6-7-13(8-12(11)2)17(24)20-10-16-21-22-18(25)23(16)15-5-3-4-14(19)9-15/h3-9H,10H2,1-2H3,(H,20,24)(H,22,25). The van der Waals surface area contributed by atoms with Crippen LogP contribution in [0.1, 0.15) is 27.3 Å². The van der Waals surface area contributed by atoms with Crippen molar-refractivity contribution in [3.05, 3.63) is 74.8 Å². The second-order valence-electron chi connectivity index (χ2n) is 5.74. The van der Waals surface area contributed by atoms with Crippen molar-refractivity contribution in [1.82, 2.24) is 20.1 Å². The molecule has 0 aliphatic heterocycles. The van der Waals surface area contributed by atoms with Crippen LogP contribution in [0.15, 0.2) is 42.5 Å². The fourth-order valence-corrected chi connectivity index (χ4v) is 2.91. The Balaban J connectivity index is 1.81. The summed E-state index contributed by atoms with van der Waals surface area (Å²) in [7, 11) is 0. The van der Waals surface area contributed by atoms with Crippen molar-refractivity contribution in [2.45, 2.75) is 20.4 Å². The zero-order valence-corrected chi connectivity index (χ0v) is 15.4. The predicted molar refractivity (Wildman–Crippen MR) is 101 cm³/mol. The number of H-pyrrole nitrogens is 1. The topological polar surface area (TPSA) is 62.7 Å². The minimum Gasteiger partial charge on any atom is -0.345 e. The van der Waals surface area contributed by atoms with Gasteiger partial charge in [-0.3, -0.25) is 14.5 Å². The van der Waals surface area contributed by atoms with Crippen molar-refractivity contribution in [1.29, 1.82) is 0 Å². The number of aromatic nitrogens is 3. The van der Waals surface area contributed by atoms with Crippen molar-refractivity contribution >= 4 is 29.7 Å². The van der Waals surface area contributed by atoms with E-state index in [1.165, 1.54) is 0 Å². The van der Waals surface area contributed by atoms with E-state index in [1.54, 1.807) is 16.7 Å². The maximum Gasteiger partial charge on any atom is 0.251 e. The molecule has 2 aromatic carbocycles. The van der Waals surface area contributed by atoms with Gasteiger partial charge in [0, 0.05) is 10.6 Å². The van der Waals surface area contributed by atoms with Crippen molar-refractivity contribution in [3.8, 4) is 5.69 Å². The van der Waals surface area contributed by atoms with E-state index in [1.807, 2.05) is 44.2 Å². The van der Waals surface area contributed by atoms with Gasteiger partial charge in [-0.25, -0.2) is 0 Å². The molecule has 2 N–H and O–H groups in total. The van der Waals surface area contributed by atoms with Crippen LogP contribution in [0, 0.1) is 18.6 Å². The van der Waals surface area contributed by atoms with Crippen LogP contribution in [0.2, 0.25) is 5.02 Å². The minimum atomic E-state index is -0.158. The number of aryl methyl sites for hydroxylation is 2. The molecule has 1 amide bonds. The number of nitrogens with one attached hydrogen (secondary N) is 2. The molecule has 0 aliphatic carbocycles. The highest BCUT2D eigenvalue weighted by Crippen LogP contribution is 2.17. The van der Waals surface area contributed by atoms with Crippen LogP contribution in [0.25, 0.3) is 5.69 Å². The number of hydrogen-bond acceptors (Lipinski definition) is 3. The van der Waals surface area contributed by atoms with Gasteiger partial charge < -0.3 is 5.32 Å². The molecule has 5 nitrogen and oxygen atoms in total. The summed E-state index contributed by atoms with van der Waals surface area (Å²) in [4.78, 5) is 12.4. The van der Waals surface area contributed by atoms with E-state index in [0.29, 0.717) is 21.2 Å². The first kappa shape index (κ1) is 17.4. The molecular weight excluding hydrogens is 356 g/mol. The number of benzene rings is 2. The smallest absolute Gasteiger partial charge is 0.251 e. The molecule has 0 spiro atoms. The maximum atomic E-state index is 12.4. The third-order valence-electron chi connectivity index (χ3n) is 3.98. The first-order valence-corrected chi connectivity index (χ1v) is 8.52. The summed E-state index contributed by atoms with van der Waals surface area (Å²) in [5, 5.41) is 10.4. The SMILES string of the molecule is Cc1ccc(C(=O)NCc2n[nH]c(=S)n2-c2cccc(Cl)c2)cc1C. The summed E-state index contributed by atoms with van der Waals surface area (Å²) in [6.07, 6.45) is 0. The third kappa shape index (κ3) is 3.81. The molecule has 0 saturated heterocycles. The van der Waals surface area contributed by atoms with Crippen molar-refractivity contribution in [3.63, 3.8) is 0 Å². The molecule has 0 aliphatic rings. The zero-order valence-electron chi connectivity index (χ0n) is 13.8. The summed E-state index contributed by atoms with van der Waals surface area (Å²) >= 11 is 11.3. The molecule has 3 aromatic rings. The summed E-state index contributed by atoms with van der Waals surface area (Å²) in [6, 6.07) is 12.9. The van der Waals surface area contributed by atoms with Crippen LogP contribution in [-0.2, 0) is 6.54 Å². The Labute approximate surface area is 155 Å². The molecule has 0 bridgehead atoms. The predicted octanol–water partition coefficient (Wildman–Crippen LogP) is 4.13. The van der Waals surface area contributed by atoms with Gasteiger partial charge in [0.1, 0.15) is 0 Å². The Bertz CT molecular complexity index is 993. The number of rotatable bonds is 4. The van der Waals surface area contributed by atoms with E-state index < -0.39 is 0 Å². The fourth-order valence-electron chi connectivity index (χ4n) is 2.47. The molecule has 1 aromatic heterocycles.